The maximum Gasteiger partial charge on any atom is 0.273 e. The van der Waals surface area contributed by atoms with Crippen LogP contribution in [-0.4, -0.2) is 20.4 Å². The van der Waals surface area contributed by atoms with Crippen molar-refractivity contribution >= 4 is 34.9 Å². The summed E-state index contributed by atoms with van der Waals surface area (Å²) in [6, 6.07) is 1.56. The summed E-state index contributed by atoms with van der Waals surface area (Å²) in [5.41, 5.74) is 0.414. The predicted molar refractivity (Wildman–Crippen MR) is 65.4 cm³/mol. The molecule has 1 N–H and O–H groups in total. The topological polar surface area (TPSA) is 59.8 Å². The van der Waals surface area contributed by atoms with Gasteiger partial charge in [-0.1, -0.05) is 23.2 Å². The Morgan fingerprint density at radius 2 is 2.06 bits per heavy atom. The summed E-state index contributed by atoms with van der Waals surface area (Å²) in [6.07, 6.45) is 4.52. The van der Waals surface area contributed by atoms with E-state index in [1.807, 2.05) is 0 Å². The van der Waals surface area contributed by atoms with Crippen molar-refractivity contribution in [2.45, 2.75) is 0 Å². The maximum absolute atomic E-state index is 11.9. The van der Waals surface area contributed by atoms with E-state index in [4.69, 9.17) is 23.2 Å². The molecule has 5 nitrogen and oxygen atoms in total. The van der Waals surface area contributed by atoms with E-state index >= 15 is 0 Å². The molecule has 0 aliphatic carbocycles. The van der Waals surface area contributed by atoms with Crippen LogP contribution in [0.5, 0.6) is 0 Å². The van der Waals surface area contributed by atoms with Gasteiger partial charge >= 0.3 is 0 Å². The molecule has 17 heavy (non-hydrogen) atoms. The highest BCUT2D eigenvalue weighted by Gasteiger charge is 2.13. The molecular formula is C10H8Cl2N4O. The van der Waals surface area contributed by atoms with E-state index in [0.717, 1.165) is 0 Å². The summed E-state index contributed by atoms with van der Waals surface area (Å²) in [6.45, 7) is 0. The van der Waals surface area contributed by atoms with E-state index < -0.39 is 0 Å². The van der Waals surface area contributed by atoms with E-state index in [0.29, 0.717) is 10.7 Å². The smallest absolute Gasteiger partial charge is 0.273 e. The summed E-state index contributed by atoms with van der Waals surface area (Å²) in [5.74, 6) is -0.127. The van der Waals surface area contributed by atoms with Gasteiger partial charge < -0.3 is 9.88 Å². The number of rotatable bonds is 2. The van der Waals surface area contributed by atoms with Crippen molar-refractivity contribution in [3.05, 3.63) is 40.5 Å². The zero-order valence-corrected chi connectivity index (χ0v) is 10.3. The largest absolute Gasteiger partial charge is 0.345 e. The first-order valence-corrected chi connectivity index (χ1v) is 5.43. The number of aryl methyl sites for hydroxylation is 1. The molecule has 0 aliphatic rings. The maximum atomic E-state index is 11.9. The van der Waals surface area contributed by atoms with Crippen molar-refractivity contribution < 1.29 is 4.79 Å². The third-order valence-electron chi connectivity index (χ3n) is 2.09. The molecule has 0 saturated carbocycles. The average Bonchev–Trinajstić information content (AvgIpc) is 2.61. The highest BCUT2D eigenvalue weighted by Crippen LogP contribution is 2.17. The van der Waals surface area contributed by atoms with Gasteiger partial charge in [-0.3, -0.25) is 4.79 Å². The molecule has 0 unspecified atom stereocenters. The molecule has 1 amide bonds. The van der Waals surface area contributed by atoms with Crippen LogP contribution in [0.25, 0.3) is 0 Å². The van der Waals surface area contributed by atoms with E-state index in [2.05, 4.69) is 15.3 Å². The molecule has 0 saturated heterocycles. The van der Waals surface area contributed by atoms with Crippen molar-refractivity contribution in [3.63, 3.8) is 0 Å². The van der Waals surface area contributed by atoms with Gasteiger partial charge in [-0.15, -0.1) is 0 Å². The lowest BCUT2D eigenvalue weighted by atomic mass is 10.4. The van der Waals surface area contributed by atoms with Gasteiger partial charge in [0.1, 0.15) is 5.69 Å². The molecule has 88 valence electrons. The second-order valence-electron chi connectivity index (χ2n) is 3.30. The van der Waals surface area contributed by atoms with Crippen LogP contribution in [0.1, 0.15) is 10.5 Å². The van der Waals surface area contributed by atoms with Crippen LogP contribution in [0.2, 0.25) is 10.2 Å². The predicted octanol–water partition coefficient (Wildman–Crippen LogP) is 2.37. The first kappa shape index (κ1) is 11.9. The number of hydrogen-bond donors (Lipinski definition) is 1. The Kier molecular flexibility index (Phi) is 3.31. The van der Waals surface area contributed by atoms with Crippen LogP contribution in [0, 0.1) is 0 Å². The third-order valence-corrected chi connectivity index (χ3v) is 2.57. The summed E-state index contributed by atoms with van der Waals surface area (Å²) in [4.78, 5) is 19.6. The Balaban J connectivity index is 2.23. The van der Waals surface area contributed by atoms with Crippen LogP contribution in [-0.2, 0) is 7.05 Å². The monoisotopic (exact) mass is 270 g/mol. The zero-order valence-electron chi connectivity index (χ0n) is 8.82. The lowest BCUT2D eigenvalue weighted by molar-refractivity contribution is 0.101. The quantitative estimate of drug-likeness (QED) is 0.912. The van der Waals surface area contributed by atoms with Crippen molar-refractivity contribution in [2.24, 2.45) is 7.05 Å². The minimum absolute atomic E-state index is 0.140. The minimum atomic E-state index is -0.346. The first-order chi connectivity index (χ1) is 8.08. The normalized spacial score (nSPS) is 10.3. The molecule has 2 aromatic rings. The molecule has 0 radical (unpaired) electrons. The minimum Gasteiger partial charge on any atom is -0.345 e. The van der Waals surface area contributed by atoms with Gasteiger partial charge in [-0.25, -0.2) is 9.97 Å². The Bertz CT molecular complexity index is 567. The highest BCUT2D eigenvalue weighted by atomic mass is 35.5. The van der Waals surface area contributed by atoms with Crippen LogP contribution in [0.4, 0.5) is 5.82 Å². The van der Waals surface area contributed by atoms with Gasteiger partial charge in [0, 0.05) is 25.6 Å². The lowest BCUT2D eigenvalue weighted by Gasteiger charge is -2.05. The van der Waals surface area contributed by atoms with Crippen LogP contribution < -0.4 is 5.32 Å². The fourth-order valence-corrected chi connectivity index (χ4v) is 1.73. The number of carbonyl (C=O) groups excluding carboxylic acids is 1. The van der Waals surface area contributed by atoms with Crippen LogP contribution in [0.3, 0.4) is 0 Å². The van der Waals surface area contributed by atoms with Crippen molar-refractivity contribution in [1.29, 1.82) is 0 Å². The molecule has 0 aromatic carbocycles. The van der Waals surface area contributed by atoms with Gasteiger partial charge in [0.05, 0.1) is 5.02 Å². The number of anilines is 1. The Labute approximate surface area is 107 Å². The number of amides is 1. The second-order valence-corrected chi connectivity index (χ2v) is 4.10. The van der Waals surface area contributed by atoms with Crippen LogP contribution >= 0.6 is 23.2 Å². The molecule has 0 spiro atoms. The Morgan fingerprint density at radius 3 is 2.65 bits per heavy atom. The second kappa shape index (κ2) is 4.73. The van der Waals surface area contributed by atoms with Gasteiger partial charge in [0.15, 0.2) is 11.0 Å². The number of carbonyl (C=O) groups is 1. The molecule has 0 fully saturated rings. The average molecular weight is 271 g/mol. The number of nitrogens with one attached hydrogen (secondary N) is 1. The number of halogens is 2. The fraction of sp³-hybridized carbons (Fsp3) is 0.100. The standard InChI is InChI=1S/C10H8Cl2N4O/c1-16-5-6(11)4-7(16)10(17)15-9-8(12)13-2-3-14-9/h2-5H,1H3,(H,14,15,17). The van der Waals surface area contributed by atoms with Crippen LogP contribution in [0.15, 0.2) is 24.7 Å². The fourth-order valence-electron chi connectivity index (χ4n) is 1.33. The molecule has 7 heteroatoms. The first-order valence-electron chi connectivity index (χ1n) is 4.67. The Morgan fingerprint density at radius 1 is 1.35 bits per heavy atom. The van der Waals surface area contributed by atoms with Gasteiger partial charge in [0.25, 0.3) is 5.91 Å². The molecule has 2 rings (SSSR count). The number of hydrogen-bond acceptors (Lipinski definition) is 3. The lowest BCUT2D eigenvalue weighted by Crippen LogP contribution is -2.16. The van der Waals surface area contributed by atoms with Crippen molar-refractivity contribution in [3.8, 4) is 0 Å². The summed E-state index contributed by atoms with van der Waals surface area (Å²) < 4.78 is 1.61. The van der Waals surface area contributed by atoms with E-state index in [1.165, 1.54) is 12.4 Å². The van der Waals surface area contributed by atoms with E-state index in [9.17, 15) is 4.79 Å². The van der Waals surface area contributed by atoms with Gasteiger partial charge in [-0.05, 0) is 6.07 Å². The molecular weight excluding hydrogens is 263 g/mol. The molecule has 0 atom stereocenters. The Hall–Kier alpha value is -1.59. The van der Waals surface area contributed by atoms with Crippen molar-refractivity contribution in [1.82, 2.24) is 14.5 Å². The van der Waals surface area contributed by atoms with Crippen molar-refractivity contribution in [2.75, 3.05) is 5.32 Å². The SMILES string of the molecule is Cn1cc(Cl)cc1C(=O)Nc1nccnc1Cl. The third kappa shape index (κ3) is 2.57. The molecule has 2 heterocycles. The summed E-state index contributed by atoms with van der Waals surface area (Å²) in [7, 11) is 1.72. The number of nitrogens with zero attached hydrogens (tertiary/aromatic N) is 3. The van der Waals surface area contributed by atoms with E-state index in [1.54, 1.807) is 23.9 Å². The molecule has 0 aliphatic heterocycles. The van der Waals surface area contributed by atoms with Gasteiger partial charge in [0.2, 0.25) is 0 Å². The zero-order chi connectivity index (χ0) is 12.4. The summed E-state index contributed by atoms with van der Waals surface area (Å²) >= 11 is 11.6. The summed E-state index contributed by atoms with van der Waals surface area (Å²) in [5, 5.41) is 3.19. The highest BCUT2D eigenvalue weighted by molar-refractivity contribution is 6.32. The van der Waals surface area contributed by atoms with E-state index in [-0.39, 0.29) is 16.9 Å². The molecule has 0 bridgehead atoms. The van der Waals surface area contributed by atoms with Gasteiger partial charge in [-0.2, -0.15) is 0 Å². The molecule has 2 aromatic heterocycles. The number of aromatic nitrogens is 3.